The maximum absolute atomic E-state index is 14.8. The number of methoxy groups -OCH3 is 1. The number of carbonyl (C=O) groups excluding carboxylic acids is 2. The number of aromatic nitrogens is 1. The minimum absolute atomic E-state index is 0.0368. The molecule has 13 nitrogen and oxygen atoms in total. The second-order valence-electron chi connectivity index (χ2n) is 15.0. The predicted molar refractivity (Wildman–Crippen MR) is 197 cm³/mol. The number of para-hydroxylation sites is 1. The Hall–Kier alpha value is -4.94. The molecule has 7 atom stereocenters. The van der Waals surface area contributed by atoms with Gasteiger partial charge in [-0.3, -0.25) is 15.0 Å². The third kappa shape index (κ3) is 4.43. The van der Waals surface area contributed by atoms with Gasteiger partial charge in [-0.2, -0.15) is 5.26 Å². The van der Waals surface area contributed by atoms with Gasteiger partial charge in [0.2, 0.25) is 6.79 Å². The minimum Gasteiger partial charge on any atom is -0.504 e. The standard InChI is InChI=1S/C40H39N5O8S/c1-17-11-20-12-24-25(13-41)45-26-14-50-39(48)40(38-22(9-10-42-40)21-7-5-6-8-23(21)44-38)15-54-37(31(45)30(43-24)27(20)32(47)33(17)49-4)29-28(26)36-35(51-16-52-36)18(2)34(29)53-19(3)46/h5-8,11,24-26,30-31,37,42-44,47H,9-10,12,14-16H2,1-4H3/t24?,25-,26-,30?,31+,37+,40+/m0/s1. The van der Waals surface area contributed by atoms with Crippen LogP contribution >= 0.6 is 11.8 Å². The fraction of sp³-hybridized carbons (Fsp3) is 0.425. The highest BCUT2D eigenvalue weighted by molar-refractivity contribution is 7.99. The molecular formula is C40H39N5O8S. The molecule has 2 unspecified atom stereocenters. The zero-order valence-corrected chi connectivity index (χ0v) is 31.0. The molecule has 0 aliphatic carbocycles. The smallest absolute Gasteiger partial charge is 0.333 e. The van der Waals surface area contributed by atoms with E-state index in [0.717, 1.165) is 45.3 Å². The first-order chi connectivity index (χ1) is 26.2. The van der Waals surface area contributed by atoms with Crippen LogP contribution in [0, 0.1) is 25.2 Å². The number of nitrogens with one attached hydrogen (secondary N) is 3. The number of H-pyrrole nitrogens is 1. The van der Waals surface area contributed by atoms with Gasteiger partial charge in [0, 0.05) is 64.5 Å². The van der Waals surface area contributed by atoms with Crippen molar-refractivity contribution in [1.82, 2.24) is 20.5 Å². The number of nitrogens with zero attached hydrogens (tertiary/aromatic N) is 2. The molecular weight excluding hydrogens is 711 g/mol. The molecule has 0 amide bonds. The SMILES string of the molecule is COc1c(C)cc2c(c1O)C1NC(C2)[C@H](C#N)N2[C@H]1[C@@H]1SC[C@]3(NCCc4c3[nH]c3ccccc43)C(=O)OC[C@H]2c2c3c(c(C)c(OC(C)=O)c21)OCO3. The fourth-order valence-corrected chi connectivity index (χ4v) is 11.9. The van der Waals surface area contributed by atoms with E-state index >= 15 is 0 Å². The predicted octanol–water partition coefficient (Wildman–Crippen LogP) is 4.41. The third-order valence-corrected chi connectivity index (χ3v) is 13.8. The summed E-state index contributed by atoms with van der Waals surface area (Å²) in [7, 11) is 1.55. The zero-order chi connectivity index (χ0) is 37.2. The van der Waals surface area contributed by atoms with Crippen molar-refractivity contribution in [3.63, 3.8) is 0 Å². The highest BCUT2D eigenvalue weighted by Crippen LogP contribution is 2.63. The zero-order valence-electron chi connectivity index (χ0n) is 30.2. The van der Waals surface area contributed by atoms with Gasteiger partial charge in [-0.25, -0.2) is 4.79 Å². The molecule has 0 saturated carbocycles. The monoisotopic (exact) mass is 749 g/mol. The van der Waals surface area contributed by atoms with Gasteiger partial charge in [-0.15, -0.1) is 11.8 Å². The summed E-state index contributed by atoms with van der Waals surface area (Å²) in [5.74, 6) is 1.10. The van der Waals surface area contributed by atoms with Crippen LogP contribution in [0.1, 0.15) is 68.9 Å². The summed E-state index contributed by atoms with van der Waals surface area (Å²) in [5.41, 5.74) is 6.04. The Labute approximate surface area is 315 Å². The number of aromatic amines is 1. The lowest BCUT2D eigenvalue weighted by molar-refractivity contribution is -0.155. The van der Waals surface area contributed by atoms with E-state index in [1.165, 1.54) is 18.7 Å². The molecule has 2 saturated heterocycles. The number of carbonyl (C=O) groups is 2. The van der Waals surface area contributed by atoms with Gasteiger partial charge in [0.25, 0.3) is 0 Å². The summed E-state index contributed by atoms with van der Waals surface area (Å²) in [6.45, 7) is 5.53. The van der Waals surface area contributed by atoms with E-state index in [9.17, 15) is 20.0 Å². The molecule has 11 rings (SSSR count). The van der Waals surface area contributed by atoms with Gasteiger partial charge < -0.3 is 39.1 Å². The Morgan fingerprint density at radius 2 is 1.94 bits per heavy atom. The molecule has 278 valence electrons. The van der Waals surface area contributed by atoms with Crippen LogP contribution in [0.25, 0.3) is 10.9 Å². The molecule has 4 aromatic rings. The van der Waals surface area contributed by atoms with E-state index in [1.807, 2.05) is 38.1 Å². The van der Waals surface area contributed by atoms with Crippen LogP contribution < -0.4 is 29.6 Å². The number of phenols is 1. The van der Waals surface area contributed by atoms with Crippen LogP contribution in [0.15, 0.2) is 30.3 Å². The van der Waals surface area contributed by atoms with E-state index in [4.69, 9.17) is 23.7 Å². The van der Waals surface area contributed by atoms with Crippen molar-refractivity contribution in [3.8, 4) is 34.8 Å². The van der Waals surface area contributed by atoms with Crippen LogP contribution in [-0.4, -0.2) is 77.9 Å². The Kier molecular flexibility index (Phi) is 7.49. The van der Waals surface area contributed by atoms with Crippen molar-refractivity contribution in [3.05, 3.63) is 75.0 Å². The lowest BCUT2D eigenvalue weighted by atomic mass is 9.72. The quantitative estimate of drug-likeness (QED) is 0.168. The van der Waals surface area contributed by atoms with Gasteiger partial charge in [-0.1, -0.05) is 24.3 Å². The first kappa shape index (κ1) is 33.6. The average molecular weight is 750 g/mol. The van der Waals surface area contributed by atoms with E-state index in [1.54, 1.807) is 7.11 Å². The number of benzene rings is 3. The molecule has 2 fully saturated rings. The summed E-state index contributed by atoms with van der Waals surface area (Å²) in [6.07, 6.45) is 1.22. The molecule has 8 heterocycles. The molecule has 1 spiro atoms. The lowest BCUT2D eigenvalue weighted by Gasteiger charge is -2.59. The molecule has 14 heteroatoms. The summed E-state index contributed by atoms with van der Waals surface area (Å²) < 4.78 is 30.6. The number of hydrogen-bond acceptors (Lipinski definition) is 13. The maximum Gasteiger partial charge on any atom is 0.333 e. The van der Waals surface area contributed by atoms with E-state index in [2.05, 4.69) is 32.7 Å². The Bertz CT molecular complexity index is 2350. The van der Waals surface area contributed by atoms with Crippen LogP contribution in [-0.2, 0) is 32.7 Å². The highest BCUT2D eigenvalue weighted by atomic mass is 32.2. The lowest BCUT2D eigenvalue weighted by Crippen LogP contribution is -2.69. The second kappa shape index (κ2) is 12.0. The summed E-state index contributed by atoms with van der Waals surface area (Å²) in [6, 6.07) is 10.1. The second-order valence-corrected chi connectivity index (χ2v) is 16.1. The number of hydrogen-bond donors (Lipinski definition) is 4. The molecule has 1 aromatic heterocycles. The van der Waals surface area contributed by atoms with Crippen LogP contribution in [0.2, 0.25) is 0 Å². The number of rotatable bonds is 2. The molecule has 7 aliphatic rings. The number of phenolic OH excluding ortho intramolecular Hbond substituents is 1. The van der Waals surface area contributed by atoms with Crippen molar-refractivity contribution in [2.24, 2.45) is 0 Å². The minimum atomic E-state index is -1.24. The number of thioether (sulfide) groups is 1. The number of ether oxygens (including phenoxy) is 5. The number of nitriles is 1. The van der Waals surface area contributed by atoms with Gasteiger partial charge >= 0.3 is 11.9 Å². The van der Waals surface area contributed by atoms with Crippen LogP contribution in [0.5, 0.6) is 28.7 Å². The molecule has 54 heavy (non-hydrogen) atoms. The fourth-order valence-electron chi connectivity index (χ4n) is 10.2. The van der Waals surface area contributed by atoms with E-state index in [-0.39, 0.29) is 30.9 Å². The number of aryl methyl sites for hydroxylation is 1. The van der Waals surface area contributed by atoms with Crippen molar-refractivity contribution in [2.45, 2.75) is 74.6 Å². The highest BCUT2D eigenvalue weighted by Gasteiger charge is 2.60. The van der Waals surface area contributed by atoms with Crippen LogP contribution in [0.3, 0.4) is 0 Å². The number of aromatic hydroxyl groups is 1. The maximum atomic E-state index is 14.8. The largest absolute Gasteiger partial charge is 0.504 e. The van der Waals surface area contributed by atoms with Gasteiger partial charge in [0.15, 0.2) is 28.5 Å². The number of fused-ring (bicyclic) bond motifs is 11. The van der Waals surface area contributed by atoms with Crippen molar-refractivity contribution >= 4 is 34.6 Å². The van der Waals surface area contributed by atoms with Crippen LogP contribution in [0.4, 0.5) is 0 Å². The number of piperazine rings is 1. The van der Waals surface area contributed by atoms with E-state index in [0.29, 0.717) is 52.7 Å². The summed E-state index contributed by atoms with van der Waals surface area (Å²) in [5, 5.41) is 30.9. The van der Waals surface area contributed by atoms with Gasteiger partial charge in [0.05, 0.1) is 36.2 Å². The molecule has 0 radical (unpaired) electrons. The molecule has 4 N–H and O–H groups in total. The normalized spacial score (nSPS) is 29.1. The molecule has 4 bridgehead atoms. The van der Waals surface area contributed by atoms with Crippen molar-refractivity contribution in [2.75, 3.05) is 32.8 Å². The molecule has 7 aliphatic heterocycles. The number of esters is 2. The van der Waals surface area contributed by atoms with Gasteiger partial charge in [0.1, 0.15) is 18.4 Å². The Morgan fingerprint density at radius 1 is 1.13 bits per heavy atom. The summed E-state index contributed by atoms with van der Waals surface area (Å²) in [4.78, 5) is 33.4. The summed E-state index contributed by atoms with van der Waals surface area (Å²) >= 11 is 1.54. The van der Waals surface area contributed by atoms with Crippen molar-refractivity contribution in [1.29, 1.82) is 5.26 Å². The van der Waals surface area contributed by atoms with Gasteiger partial charge in [-0.05, 0) is 49.4 Å². The first-order valence-electron chi connectivity index (χ1n) is 18.3. The Morgan fingerprint density at radius 3 is 2.74 bits per heavy atom. The van der Waals surface area contributed by atoms with Crippen molar-refractivity contribution < 1.29 is 38.4 Å². The third-order valence-electron chi connectivity index (χ3n) is 12.3. The molecule has 3 aromatic carbocycles. The Balaban J connectivity index is 1.24. The first-order valence-corrected chi connectivity index (χ1v) is 19.3. The van der Waals surface area contributed by atoms with E-state index < -0.39 is 46.9 Å². The topological polar surface area (TPSA) is 167 Å². The average Bonchev–Trinajstić information content (AvgIpc) is 3.80.